The minimum absolute atomic E-state index is 0.0799. The molecule has 100 valence electrons. The fourth-order valence-electron chi connectivity index (χ4n) is 2.65. The normalized spacial score (nSPS) is 23.9. The molecule has 1 heterocycles. The Morgan fingerprint density at radius 3 is 2.39 bits per heavy atom. The maximum atomic E-state index is 9.67. The topological polar surface area (TPSA) is 26.7 Å². The first-order valence-electron chi connectivity index (χ1n) is 6.73. The molecule has 1 aromatic rings. The van der Waals surface area contributed by atoms with Crippen LogP contribution >= 0.6 is 0 Å². The van der Waals surface area contributed by atoms with Crippen LogP contribution in [0.4, 0.5) is 5.69 Å². The van der Waals surface area contributed by atoms with Crippen LogP contribution in [-0.2, 0) is 6.42 Å². The van der Waals surface area contributed by atoms with Crippen molar-refractivity contribution in [1.82, 2.24) is 4.90 Å². The predicted octanol–water partition coefficient (Wildman–Crippen LogP) is 1.75. The van der Waals surface area contributed by atoms with Crippen molar-refractivity contribution in [2.75, 3.05) is 38.7 Å². The minimum atomic E-state index is -0.0799. The van der Waals surface area contributed by atoms with E-state index in [1.165, 1.54) is 11.3 Å². The van der Waals surface area contributed by atoms with E-state index in [-0.39, 0.29) is 12.1 Å². The fourth-order valence-corrected chi connectivity index (χ4v) is 2.65. The number of aliphatic hydroxyl groups excluding tert-OH is 1. The molecule has 0 aromatic heterocycles. The van der Waals surface area contributed by atoms with Crippen LogP contribution in [0.15, 0.2) is 24.3 Å². The molecule has 0 radical (unpaired) electrons. The Balaban J connectivity index is 2.12. The molecule has 3 nitrogen and oxygen atoms in total. The second-order valence-electron chi connectivity index (χ2n) is 5.47. The molecular weight excluding hydrogens is 224 g/mol. The van der Waals surface area contributed by atoms with Crippen molar-refractivity contribution < 1.29 is 5.11 Å². The molecule has 1 atom stereocenters. The summed E-state index contributed by atoms with van der Waals surface area (Å²) >= 11 is 0. The third-order valence-electron chi connectivity index (χ3n) is 4.28. The number of nitrogens with zero attached hydrogens (tertiary/aromatic N) is 2. The number of likely N-dealkylation sites (N-methyl/N-ethyl adjacent to an activating group) is 1. The van der Waals surface area contributed by atoms with E-state index in [1.54, 1.807) is 0 Å². The van der Waals surface area contributed by atoms with E-state index in [1.807, 2.05) is 0 Å². The summed E-state index contributed by atoms with van der Waals surface area (Å²) in [6.07, 6.45) is 2.10. The second-order valence-corrected chi connectivity index (χ2v) is 5.47. The first-order valence-corrected chi connectivity index (χ1v) is 6.73. The SMILES string of the molecule is CCc1ccc(N2CCC(CO)(N(C)C)C2)cc1. The van der Waals surface area contributed by atoms with Crippen LogP contribution in [0.5, 0.6) is 0 Å². The van der Waals surface area contributed by atoms with Crippen molar-refractivity contribution in [3.8, 4) is 0 Å². The average Bonchev–Trinajstić information content (AvgIpc) is 2.84. The van der Waals surface area contributed by atoms with E-state index in [9.17, 15) is 5.11 Å². The molecule has 1 aliphatic heterocycles. The van der Waals surface area contributed by atoms with Crippen LogP contribution in [0, 0.1) is 0 Å². The lowest BCUT2D eigenvalue weighted by atomic mass is 9.99. The molecule has 2 rings (SSSR count). The molecule has 1 unspecified atom stereocenters. The second kappa shape index (κ2) is 5.29. The Bertz CT molecular complexity index is 388. The minimum Gasteiger partial charge on any atom is -0.394 e. The van der Waals surface area contributed by atoms with E-state index in [2.05, 4.69) is 55.1 Å². The van der Waals surface area contributed by atoms with Gasteiger partial charge < -0.3 is 10.0 Å². The molecule has 0 spiro atoms. The summed E-state index contributed by atoms with van der Waals surface area (Å²) in [5, 5.41) is 9.67. The Hall–Kier alpha value is -1.06. The smallest absolute Gasteiger partial charge is 0.0633 e. The van der Waals surface area contributed by atoms with E-state index in [4.69, 9.17) is 0 Å². The summed E-state index contributed by atoms with van der Waals surface area (Å²) in [5.74, 6) is 0. The largest absolute Gasteiger partial charge is 0.394 e. The first-order chi connectivity index (χ1) is 8.61. The summed E-state index contributed by atoms with van der Waals surface area (Å²) < 4.78 is 0. The zero-order chi connectivity index (χ0) is 13.2. The van der Waals surface area contributed by atoms with Crippen molar-refractivity contribution >= 4 is 5.69 Å². The van der Waals surface area contributed by atoms with Crippen LogP contribution < -0.4 is 4.90 Å². The highest BCUT2D eigenvalue weighted by Crippen LogP contribution is 2.29. The highest BCUT2D eigenvalue weighted by molar-refractivity contribution is 5.49. The van der Waals surface area contributed by atoms with Crippen LogP contribution in [0.3, 0.4) is 0 Å². The van der Waals surface area contributed by atoms with Gasteiger partial charge in [-0.25, -0.2) is 0 Å². The van der Waals surface area contributed by atoms with Crippen molar-refractivity contribution in [2.45, 2.75) is 25.3 Å². The van der Waals surface area contributed by atoms with Gasteiger partial charge >= 0.3 is 0 Å². The van der Waals surface area contributed by atoms with Gasteiger partial charge in [-0.05, 0) is 44.6 Å². The van der Waals surface area contributed by atoms with Gasteiger partial charge in [0.05, 0.1) is 12.1 Å². The molecule has 18 heavy (non-hydrogen) atoms. The van der Waals surface area contributed by atoms with E-state index in [0.717, 1.165) is 25.9 Å². The monoisotopic (exact) mass is 248 g/mol. The van der Waals surface area contributed by atoms with Crippen molar-refractivity contribution in [2.24, 2.45) is 0 Å². The molecule has 1 N–H and O–H groups in total. The molecule has 1 saturated heterocycles. The molecular formula is C15H24N2O. The van der Waals surface area contributed by atoms with Gasteiger partial charge in [0.15, 0.2) is 0 Å². The Morgan fingerprint density at radius 1 is 1.28 bits per heavy atom. The number of benzene rings is 1. The van der Waals surface area contributed by atoms with E-state index in [0.29, 0.717) is 0 Å². The first kappa shape index (κ1) is 13.4. The van der Waals surface area contributed by atoms with Crippen LogP contribution in [-0.4, -0.2) is 49.3 Å². The number of aliphatic hydroxyl groups is 1. The third kappa shape index (κ3) is 2.38. The molecule has 1 aromatic carbocycles. The van der Waals surface area contributed by atoms with Gasteiger partial charge in [-0.1, -0.05) is 19.1 Å². The van der Waals surface area contributed by atoms with Gasteiger partial charge in [0.25, 0.3) is 0 Å². The van der Waals surface area contributed by atoms with Gasteiger partial charge in [-0.3, -0.25) is 4.90 Å². The lowest BCUT2D eigenvalue weighted by molar-refractivity contribution is 0.0867. The quantitative estimate of drug-likeness (QED) is 0.879. The number of aryl methyl sites for hydroxylation is 1. The van der Waals surface area contributed by atoms with Crippen LogP contribution in [0.1, 0.15) is 18.9 Å². The summed E-state index contributed by atoms with van der Waals surface area (Å²) in [6, 6.07) is 8.79. The predicted molar refractivity (Wildman–Crippen MR) is 76.2 cm³/mol. The van der Waals surface area contributed by atoms with E-state index >= 15 is 0 Å². The number of rotatable bonds is 4. The Morgan fingerprint density at radius 2 is 1.94 bits per heavy atom. The molecule has 0 saturated carbocycles. The molecule has 1 fully saturated rings. The van der Waals surface area contributed by atoms with Crippen LogP contribution in [0.2, 0.25) is 0 Å². The van der Waals surface area contributed by atoms with Crippen molar-refractivity contribution in [1.29, 1.82) is 0 Å². The number of hydrogen-bond acceptors (Lipinski definition) is 3. The Kier molecular flexibility index (Phi) is 3.93. The average molecular weight is 248 g/mol. The highest BCUT2D eigenvalue weighted by atomic mass is 16.3. The molecule has 1 aliphatic rings. The van der Waals surface area contributed by atoms with Gasteiger partial charge in [-0.2, -0.15) is 0 Å². The van der Waals surface area contributed by atoms with Gasteiger partial charge in [-0.15, -0.1) is 0 Å². The van der Waals surface area contributed by atoms with Crippen molar-refractivity contribution in [3.63, 3.8) is 0 Å². The molecule has 0 bridgehead atoms. The summed E-state index contributed by atoms with van der Waals surface area (Å²) in [6.45, 7) is 4.32. The van der Waals surface area contributed by atoms with E-state index < -0.39 is 0 Å². The van der Waals surface area contributed by atoms with Gasteiger partial charge in [0, 0.05) is 18.8 Å². The van der Waals surface area contributed by atoms with Gasteiger partial charge in [0.1, 0.15) is 0 Å². The maximum Gasteiger partial charge on any atom is 0.0633 e. The fraction of sp³-hybridized carbons (Fsp3) is 0.600. The third-order valence-corrected chi connectivity index (χ3v) is 4.28. The maximum absolute atomic E-state index is 9.67. The van der Waals surface area contributed by atoms with Gasteiger partial charge in [0.2, 0.25) is 0 Å². The number of anilines is 1. The Labute approximate surface area is 110 Å². The standard InChI is InChI=1S/C15H24N2O/c1-4-13-5-7-14(8-6-13)17-10-9-15(11-17,12-18)16(2)3/h5-8,18H,4,9-12H2,1-3H3. The zero-order valence-corrected chi connectivity index (χ0v) is 11.7. The number of hydrogen-bond donors (Lipinski definition) is 1. The zero-order valence-electron chi connectivity index (χ0n) is 11.7. The molecule has 0 amide bonds. The summed E-state index contributed by atoms with van der Waals surface area (Å²) in [4.78, 5) is 4.53. The lowest BCUT2D eigenvalue weighted by Crippen LogP contribution is -2.49. The molecule has 0 aliphatic carbocycles. The summed E-state index contributed by atoms with van der Waals surface area (Å²) in [5.41, 5.74) is 2.56. The highest BCUT2D eigenvalue weighted by Gasteiger charge is 2.39. The van der Waals surface area contributed by atoms with Crippen molar-refractivity contribution in [3.05, 3.63) is 29.8 Å². The lowest BCUT2D eigenvalue weighted by Gasteiger charge is -2.34. The summed E-state index contributed by atoms with van der Waals surface area (Å²) in [7, 11) is 4.11. The van der Waals surface area contributed by atoms with Crippen LogP contribution in [0.25, 0.3) is 0 Å². The molecule has 3 heteroatoms.